The van der Waals surface area contributed by atoms with Crippen molar-refractivity contribution in [2.75, 3.05) is 13.2 Å². The number of aliphatic hydroxyl groups is 1. The molecule has 3 aliphatic heterocycles. The van der Waals surface area contributed by atoms with Crippen LogP contribution >= 0.6 is 0 Å². The highest BCUT2D eigenvalue weighted by Crippen LogP contribution is 2.39. The minimum absolute atomic E-state index is 0.0732. The van der Waals surface area contributed by atoms with Gasteiger partial charge < -0.3 is 19.6 Å². The summed E-state index contributed by atoms with van der Waals surface area (Å²) in [5.41, 5.74) is -0.480. The van der Waals surface area contributed by atoms with Gasteiger partial charge in [0.25, 0.3) is 0 Å². The molecule has 23 heavy (non-hydrogen) atoms. The first-order chi connectivity index (χ1) is 10.8. The fourth-order valence-corrected chi connectivity index (χ4v) is 4.30. The van der Waals surface area contributed by atoms with Crippen LogP contribution in [0.5, 0.6) is 0 Å². The fraction of sp³-hybridized carbons (Fsp3) is 0.882. The van der Waals surface area contributed by atoms with Crippen LogP contribution in [-0.4, -0.2) is 63.8 Å². The summed E-state index contributed by atoms with van der Waals surface area (Å²) >= 11 is 0. The number of fused-ring (bicyclic) bond motifs is 2. The first-order valence-electron chi connectivity index (χ1n) is 8.70. The largest absolute Gasteiger partial charge is 0.444 e. The number of amides is 2. The summed E-state index contributed by atoms with van der Waals surface area (Å²) in [6, 6.07) is 0.555. The summed E-state index contributed by atoms with van der Waals surface area (Å²) < 4.78 is 5.55. The molecule has 0 aromatic rings. The van der Waals surface area contributed by atoms with Gasteiger partial charge in [0.15, 0.2) is 0 Å². The second kappa shape index (κ2) is 5.96. The summed E-state index contributed by atoms with van der Waals surface area (Å²) in [6.45, 7) is 6.39. The lowest BCUT2D eigenvalue weighted by atomic mass is 9.96. The maximum Gasteiger partial charge on any atom is 0.410 e. The maximum absolute atomic E-state index is 12.5. The lowest BCUT2D eigenvalue weighted by Gasteiger charge is -2.42. The molecule has 3 heterocycles. The molecular formula is C17H28N2O4. The number of nitrogens with zero attached hydrogens (tertiary/aromatic N) is 2. The van der Waals surface area contributed by atoms with Crippen molar-refractivity contribution < 1.29 is 19.4 Å². The Balaban J connectivity index is 1.65. The van der Waals surface area contributed by atoms with Crippen molar-refractivity contribution in [1.82, 2.24) is 9.80 Å². The van der Waals surface area contributed by atoms with E-state index >= 15 is 0 Å². The predicted molar refractivity (Wildman–Crippen MR) is 84.8 cm³/mol. The van der Waals surface area contributed by atoms with Gasteiger partial charge in [-0.2, -0.15) is 0 Å². The van der Waals surface area contributed by atoms with E-state index in [0.29, 0.717) is 13.0 Å². The Morgan fingerprint density at radius 2 is 1.83 bits per heavy atom. The molecule has 3 rings (SSSR count). The quantitative estimate of drug-likeness (QED) is 0.840. The van der Waals surface area contributed by atoms with Crippen molar-refractivity contribution in [2.45, 2.75) is 76.6 Å². The molecule has 0 aromatic carbocycles. The lowest BCUT2D eigenvalue weighted by Crippen LogP contribution is -2.53. The average molecular weight is 324 g/mol. The zero-order chi connectivity index (χ0) is 16.8. The van der Waals surface area contributed by atoms with Gasteiger partial charge in [-0.25, -0.2) is 4.79 Å². The summed E-state index contributed by atoms with van der Waals surface area (Å²) in [7, 11) is 0. The molecule has 2 bridgehead atoms. The molecule has 130 valence electrons. The second-order valence-corrected chi connectivity index (χ2v) is 8.20. The number of ether oxygens (including phenoxy) is 1. The van der Waals surface area contributed by atoms with Gasteiger partial charge in [0, 0.05) is 43.6 Å². The fourth-order valence-electron chi connectivity index (χ4n) is 4.30. The van der Waals surface area contributed by atoms with Crippen LogP contribution in [0.3, 0.4) is 0 Å². The van der Waals surface area contributed by atoms with Gasteiger partial charge in [-0.15, -0.1) is 0 Å². The average Bonchev–Trinajstić information content (AvgIpc) is 2.95. The molecule has 0 aliphatic carbocycles. The number of hydrogen-bond acceptors (Lipinski definition) is 4. The number of carbonyl (C=O) groups excluding carboxylic acids is 2. The van der Waals surface area contributed by atoms with Gasteiger partial charge in [-0.05, 0) is 46.5 Å². The minimum Gasteiger partial charge on any atom is -0.444 e. The number of piperidine rings is 1. The summed E-state index contributed by atoms with van der Waals surface area (Å²) in [5, 5.41) is 9.29. The van der Waals surface area contributed by atoms with Crippen molar-refractivity contribution in [3.8, 4) is 0 Å². The van der Waals surface area contributed by atoms with E-state index in [1.165, 1.54) is 0 Å². The Kier molecular flexibility index (Phi) is 4.29. The molecule has 0 saturated carbocycles. The number of hydrogen-bond donors (Lipinski definition) is 1. The van der Waals surface area contributed by atoms with E-state index in [2.05, 4.69) is 0 Å². The standard InChI is InChI=1S/C17H28N2O4/c1-17(2,3)23-16(22)19-12-4-5-13(19)8-14(7-12)18-9-11(10-20)6-15(18)21/h11-14,20H,4-10H2,1-3H3/t11?,12-,13+,14?. The smallest absolute Gasteiger partial charge is 0.410 e. The van der Waals surface area contributed by atoms with Crippen molar-refractivity contribution in [1.29, 1.82) is 0 Å². The van der Waals surface area contributed by atoms with Crippen LogP contribution in [0.2, 0.25) is 0 Å². The molecule has 3 saturated heterocycles. The topological polar surface area (TPSA) is 70.1 Å². The number of likely N-dealkylation sites (tertiary alicyclic amines) is 1. The maximum atomic E-state index is 12.5. The van der Waals surface area contributed by atoms with Crippen LogP contribution in [0.1, 0.15) is 52.9 Å². The third-order valence-corrected chi connectivity index (χ3v) is 5.25. The highest BCUT2D eigenvalue weighted by Gasteiger charge is 2.48. The van der Waals surface area contributed by atoms with Gasteiger partial charge in [0.1, 0.15) is 5.60 Å². The van der Waals surface area contributed by atoms with Gasteiger partial charge in [-0.1, -0.05) is 0 Å². The van der Waals surface area contributed by atoms with E-state index in [1.807, 2.05) is 30.6 Å². The molecule has 4 atom stereocenters. The summed E-state index contributed by atoms with van der Waals surface area (Å²) in [6.07, 6.45) is 3.89. The Bertz CT molecular complexity index is 473. The summed E-state index contributed by atoms with van der Waals surface area (Å²) in [5.74, 6) is 0.225. The lowest BCUT2D eigenvalue weighted by molar-refractivity contribution is -0.130. The Morgan fingerprint density at radius 3 is 2.30 bits per heavy atom. The van der Waals surface area contributed by atoms with E-state index < -0.39 is 5.60 Å². The first-order valence-corrected chi connectivity index (χ1v) is 8.70. The van der Waals surface area contributed by atoms with E-state index in [0.717, 1.165) is 25.7 Å². The summed E-state index contributed by atoms with van der Waals surface area (Å²) in [4.78, 5) is 28.5. The van der Waals surface area contributed by atoms with E-state index in [-0.39, 0.29) is 42.7 Å². The highest BCUT2D eigenvalue weighted by molar-refractivity contribution is 5.79. The zero-order valence-electron chi connectivity index (χ0n) is 14.3. The minimum atomic E-state index is -0.480. The van der Waals surface area contributed by atoms with Crippen LogP contribution in [0.4, 0.5) is 4.79 Å². The molecule has 6 heteroatoms. The zero-order valence-corrected chi connectivity index (χ0v) is 14.3. The van der Waals surface area contributed by atoms with Gasteiger partial charge in [0.2, 0.25) is 5.91 Å². The van der Waals surface area contributed by atoms with Crippen LogP contribution in [0.25, 0.3) is 0 Å². The molecular weight excluding hydrogens is 296 g/mol. The normalized spacial score (nSPS) is 34.2. The molecule has 0 radical (unpaired) electrons. The van der Waals surface area contributed by atoms with Crippen molar-refractivity contribution in [3.63, 3.8) is 0 Å². The number of aliphatic hydroxyl groups excluding tert-OH is 1. The molecule has 1 N–H and O–H groups in total. The monoisotopic (exact) mass is 324 g/mol. The van der Waals surface area contributed by atoms with Crippen LogP contribution in [0.15, 0.2) is 0 Å². The van der Waals surface area contributed by atoms with Crippen molar-refractivity contribution in [3.05, 3.63) is 0 Å². The van der Waals surface area contributed by atoms with Crippen LogP contribution < -0.4 is 0 Å². The van der Waals surface area contributed by atoms with E-state index in [4.69, 9.17) is 4.74 Å². The number of rotatable bonds is 2. The van der Waals surface area contributed by atoms with Crippen molar-refractivity contribution in [2.24, 2.45) is 5.92 Å². The number of carbonyl (C=O) groups is 2. The van der Waals surface area contributed by atoms with Crippen molar-refractivity contribution >= 4 is 12.0 Å². The Labute approximate surface area is 137 Å². The third-order valence-electron chi connectivity index (χ3n) is 5.25. The van der Waals surface area contributed by atoms with E-state index in [9.17, 15) is 14.7 Å². The van der Waals surface area contributed by atoms with Gasteiger partial charge >= 0.3 is 6.09 Å². The van der Waals surface area contributed by atoms with Gasteiger partial charge in [0.05, 0.1) is 0 Å². The highest BCUT2D eigenvalue weighted by atomic mass is 16.6. The third kappa shape index (κ3) is 3.32. The molecule has 0 spiro atoms. The Morgan fingerprint density at radius 1 is 1.22 bits per heavy atom. The van der Waals surface area contributed by atoms with E-state index in [1.54, 1.807) is 0 Å². The van der Waals surface area contributed by atoms with Crippen LogP contribution in [0, 0.1) is 5.92 Å². The molecule has 6 nitrogen and oxygen atoms in total. The molecule has 3 aliphatic rings. The Hall–Kier alpha value is -1.30. The second-order valence-electron chi connectivity index (χ2n) is 8.20. The molecule has 0 aromatic heterocycles. The first kappa shape index (κ1) is 16.6. The van der Waals surface area contributed by atoms with Crippen LogP contribution in [-0.2, 0) is 9.53 Å². The molecule has 2 amide bonds. The predicted octanol–water partition coefficient (Wildman–Crippen LogP) is 1.76. The SMILES string of the molecule is CC(C)(C)OC(=O)N1[C@@H]2CC[C@H]1CC(N1CC(CO)CC1=O)C2. The van der Waals surface area contributed by atoms with Gasteiger partial charge in [-0.3, -0.25) is 4.79 Å². The molecule has 3 fully saturated rings. The molecule has 2 unspecified atom stereocenters.